The van der Waals surface area contributed by atoms with E-state index in [1.165, 1.54) is 5.56 Å². The molecule has 0 spiro atoms. The van der Waals surface area contributed by atoms with Gasteiger partial charge in [-0.05, 0) is 55.9 Å². The summed E-state index contributed by atoms with van der Waals surface area (Å²) in [5, 5.41) is 0. The predicted octanol–water partition coefficient (Wildman–Crippen LogP) is 3.73. The second-order valence-electron chi connectivity index (χ2n) is 7.28. The number of sulfonamides is 1. The number of rotatable bonds is 5. The van der Waals surface area contributed by atoms with Gasteiger partial charge in [0.1, 0.15) is 0 Å². The minimum absolute atomic E-state index is 0.0474. The fourth-order valence-electron chi connectivity index (χ4n) is 3.96. The second-order valence-corrected chi connectivity index (χ2v) is 10.2. The molecule has 1 fully saturated rings. The van der Waals surface area contributed by atoms with Crippen molar-refractivity contribution < 1.29 is 8.42 Å². The Bertz CT molecular complexity index is 1130. The van der Waals surface area contributed by atoms with Crippen molar-refractivity contribution in [3.8, 4) is 0 Å². The van der Waals surface area contributed by atoms with Crippen LogP contribution in [0, 0.1) is 5.92 Å². The average Bonchev–Trinajstić information content (AvgIpc) is 3.03. The molecule has 1 aromatic heterocycles. The van der Waals surface area contributed by atoms with E-state index in [-0.39, 0.29) is 9.77 Å². The van der Waals surface area contributed by atoms with Crippen molar-refractivity contribution in [2.45, 2.75) is 37.6 Å². The SMILES string of the molecule is CCn1c(=O)sc2cc(S(=O)(=O)N3CCC(Cc4ccccc4)CC3)ccc21. The maximum absolute atomic E-state index is 13.1. The van der Waals surface area contributed by atoms with E-state index < -0.39 is 10.0 Å². The molecule has 0 unspecified atom stereocenters. The van der Waals surface area contributed by atoms with Crippen molar-refractivity contribution in [1.29, 1.82) is 0 Å². The molecule has 4 rings (SSSR count). The minimum Gasteiger partial charge on any atom is -0.299 e. The molecule has 0 radical (unpaired) electrons. The van der Waals surface area contributed by atoms with E-state index in [2.05, 4.69) is 12.1 Å². The fourth-order valence-corrected chi connectivity index (χ4v) is 6.52. The molecule has 2 heterocycles. The van der Waals surface area contributed by atoms with Gasteiger partial charge in [-0.3, -0.25) is 9.36 Å². The van der Waals surface area contributed by atoms with Gasteiger partial charge in [0.25, 0.3) is 0 Å². The predicted molar refractivity (Wildman–Crippen MR) is 113 cm³/mol. The highest BCUT2D eigenvalue weighted by Gasteiger charge is 2.29. The first-order chi connectivity index (χ1) is 13.5. The molecule has 0 bridgehead atoms. The number of aryl methyl sites for hydroxylation is 1. The van der Waals surface area contributed by atoms with Crippen molar-refractivity contribution >= 4 is 31.6 Å². The molecule has 1 aliphatic rings. The largest absolute Gasteiger partial charge is 0.308 e. The molecule has 2 aromatic carbocycles. The standard InChI is InChI=1S/C21H24N2O3S2/c1-2-23-19-9-8-18(15-20(19)27-21(23)24)28(25,26)22-12-10-17(11-13-22)14-16-6-4-3-5-7-16/h3-9,15,17H,2,10-14H2,1H3. The third-order valence-corrected chi connectivity index (χ3v) is 8.37. The minimum atomic E-state index is -3.53. The fraction of sp³-hybridized carbons (Fsp3) is 0.381. The Morgan fingerprint density at radius 1 is 1.07 bits per heavy atom. The highest BCUT2D eigenvalue weighted by Crippen LogP contribution is 2.28. The Hall–Kier alpha value is -1.96. The lowest BCUT2D eigenvalue weighted by Crippen LogP contribution is -2.38. The van der Waals surface area contributed by atoms with Gasteiger partial charge in [-0.25, -0.2) is 8.42 Å². The molecule has 28 heavy (non-hydrogen) atoms. The molecule has 0 saturated carbocycles. The van der Waals surface area contributed by atoms with Crippen LogP contribution in [0.2, 0.25) is 0 Å². The van der Waals surface area contributed by atoms with E-state index in [9.17, 15) is 13.2 Å². The highest BCUT2D eigenvalue weighted by molar-refractivity contribution is 7.89. The third kappa shape index (κ3) is 3.66. The van der Waals surface area contributed by atoms with Gasteiger partial charge >= 0.3 is 4.87 Å². The summed E-state index contributed by atoms with van der Waals surface area (Å²) in [6.07, 6.45) is 2.74. The maximum Gasteiger partial charge on any atom is 0.308 e. The van der Waals surface area contributed by atoms with Crippen LogP contribution in [0.4, 0.5) is 0 Å². The molecule has 1 aliphatic heterocycles. The van der Waals surface area contributed by atoms with Gasteiger partial charge in [0.15, 0.2) is 0 Å². The summed E-state index contributed by atoms with van der Waals surface area (Å²) < 4.78 is 30.2. The van der Waals surface area contributed by atoms with Crippen LogP contribution in [0.15, 0.2) is 58.2 Å². The van der Waals surface area contributed by atoms with Gasteiger partial charge in [0.2, 0.25) is 10.0 Å². The van der Waals surface area contributed by atoms with Crippen molar-refractivity contribution in [3.05, 3.63) is 63.8 Å². The van der Waals surface area contributed by atoms with Gasteiger partial charge in [-0.2, -0.15) is 4.31 Å². The first kappa shape index (κ1) is 19.4. The zero-order chi connectivity index (χ0) is 19.7. The number of piperidine rings is 1. The quantitative estimate of drug-likeness (QED) is 0.637. The molecule has 5 nitrogen and oxygen atoms in total. The summed E-state index contributed by atoms with van der Waals surface area (Å²) in [6.45, 7) is 3.59. The normalized spacial score (nSPS) is 16.6. The van der Waals surface area contributed by atoms with Crippen molar-refractivity contribution in [2.24, 2.45) is 5.92 Å². The summed E-state index contributed by atoms with van der Waals surface area (Å²) in [4.78, 5) is 12.3. The van der Waals surface area contributed by atoms with E-state index in [0.717, 1.165) is 40.8 Å². The smallest absolute Gasteiger partial charge is 0.299 e. The maximum atomic E-state index is 13.1. The lowest BCUT2D eigenvalue weighted by Gasteiger charge is -2.31. The molecule has 0 amide bonds. The zero-order valence-electron chi connectivity index (χ0n) is 15.9. The van der Waals surface area contributed by atoms with Gasteiger partial charge in [0.05, 0.1) is 15.1 Å². The van der Waals surface area contributed by atoms with Gasteiger partial charge in [0, 0.05) is 19.6 Å². The number of aromatic nitrogens is 1. The molecule has 7 heteroatoms. The monoisotopic (exact) mass is 416 g/mol. The Kier molecular flexibility index (Phi) is 5.40. The van der Waals surface area contributed by atoms with Crippen LogP contribution in [0.5, 0.6) is 0 Å². The van der Waals surface area contributed by atoms with Crippen LogP contribution < -0.4 is 4.87 Å². The van der Waals surface area contributed by atoms with Crippen molar-refractivity contribution in [2.75, 3.05) is 13.1 Å². The summed E-state index contributed by atoms with van der Waals surface area (Å²) >= 11 is 1.11. The lowest BCUT2D eigenvalue weighted by atomic mass is 9.91. The van der Waals surface area contributed by atoms with Crippen LogP contribution in [0.25, 0.3) is 10.2 Å². The van der Waals surface area contributed by atoms with Crippen LogP contribution in [-0.2, 0) is 23.0 Å². The summed E-state index contributed by atoms with van der Waals surface area (Å²) in [5.41, 5.74) is 2.11. The Morgan fingerprint density at radius 3 is 2.46 bits per heavy atom. The second kappa shape index (κ2) is 7.81. The molecule has 0 N–H and O–H groups in total. The Morgan fingerprint density at radius 2 is 1.79 bits per heavy atom. The Balaban J connectivity index is 1.50. The van der Waals surface area contributed by atoms with Crippen LogP contribution in [-0.4, -0.2) is 30.4 Å². The molecule has 3 aromatic rings. The first-order valence-corrected chi connectivity index (χ1v) is 11.9. The number of nitrogens with zero attached hydrogens (tertiary/aromatic N) is 2. The molecule has 148 valence electrons. The summed E-state index contributed by atoms with van der Waals surface area (Å²) in [5.74, 6) is 0.514. The molecule has 1 saturated heterocycles. The Labute approximate surface area is 169 Å². The van der Waals surface area contributed by atoms with Crippen LogP contribution in [0.1, 0.15) is 25.3 Å². The van der Waals surface area contributed by atoms with Gasteiger partial charge in [-0.1, -0.05) is 41.7 Å². The van der Waals surface area contributed by atoms with E-state index in [1.807, 2.05) is 25.1 Å². The van der Waals surface area contributed by atoms with Crippen molar-refractivity contribution in [3.63, 3.8) is 0 Å². The van der Waals surface area contributed by atoms with E-state index in [0.29, 0.717) is 25.6 Å². The van der Waals surface area contributed by atoms with Crippen LogP contribution >= 0.6 is 11.3 Å². The number of hydrogen-bond acceptors (Lipinski definition) is 4. The summed E-state index contributed by atoms with van der Waals surface area (Å²) in [6, 6.07) is 15.4. The number of benzene rings is 2. The van der Waals surface area contributed by atoms with Crippen molar-refractivity contribution in [1.82, 2.24) is 8.87 Å². The molecular formula is C21H24N2O3S2. The van der Waals surface area contributed by atoms with Gasteiger partial charge in [-0.15, -0.1) is 0 Å². The van der Waals surface area contributed by atoms with E-state index >= 15 is 0 Å². The topological polar surface area (TPSA) is 59.4 Å². The first-order valence-electron chi connectivity index (χ1n) is 9.66. The number of hydrogen-bond donors (Lipinski definition) is 0. The average molecular weight is 417 g/mol. The molecular weight excluding hydrogens is 392 g/mol. The number of fused-ring (bicyclic) bond motifs is 1. The zero-order valence-corrected chi connectivity index (χ0v) is 17.5. The molecule has 0 aliphatic carbocycles. The summed E-state index contributed by atoms with van der Waals surface area (Å²) in [7, 11) is -3.53. The molecule has 0 atom stereocenters. The third-order valence-electron chi connectivity index (χ3n) is 5.53. The van der Waals surface area contributed by atoms with E-state index in [1.54, 1.807) is 27.1 Å². The highest BCUT2D eigenvalue weighted by atomic mass is 32.2. The number of thiazole rings is 1. The van der Waals surface area contributed by atoms with Gasteiger partial charge < -0.3 is 0 Å². The van der Waals surface area contributed by atoms with Crippen LogP contribution in [0.3, 0.4) is 0 Å². The van der Waals surface area contributed by atoms with E-state index in [4.69, 9.17) is 0 Å². The lowest BCUT2D eigenvalue weighted by molar-refractivity contribution is 0.273.